The molecule has 3 rings (SSSR count). The molecule has 0 fully saturated rings. The first-order valence-electron chi connectivity index (χ1n) is 6.56. The van der Waals surface area contributed by atoms with Gasteiger partial charge in [0.2, 0.25) is 5.90 Å². The summed E-state index contributed by atoms with van der Waals surface area (Å²) < 4.78 is 18.7. The summed E-state index contributed by atoms with van der Waals surface area (Å²) in [4.78, 5) is 25.9. The van der Waals surface area contributed by atoms with Gasteiger partial charge in [0.15, 0.2) is 5.70 Å². The molecule has 0 amide bonds. The van der Waals surface area contributed by atoms with Gasteiger partial charge in [-0.3, -0.25) is 10.1 Å². The van der Waals surface area contributed by atoms with Crippen molar-refractivity contribution in [3.8, 4) is 0 Å². The van der Waals surface area contributed by atoms with Gasteiger partial charge in [-0.2, -0.15) is 0 Å². The first-order valence-corrected chi connectivity index (χ1v) is 6.56. The molecule has 6 nitrogen and oxygen atoms in total. The van der Waals surface area contributed by atoms with Gasteiger partial charge in [0.1, 0.15) is 5.82 Å². The number of nitrogens with zero attached hydrogens (tertiary/aromatic N) is 2. The van der Waals surface area contributed by atoms with Crippen molar-refractivity contribution in [2.24, 2.45) is 4.99 Å². The normalized spacial score (nSPS) is 15.4. The minimum absolute atomic E-state index is 0.00268. The van der Waals surface area contributed by atoms with Gasteiger partial charge in [-0.05, 0) is 35.9 Å². The van der Waals surface area contributed by atoms with Crippen LogP contribution in [-0.2, 0) is 9.53 Å². The molecule has 0 bridgehead atoms. The fraction of sp³-hybridized carbons (Fsp3) is 0. The fourth-order valence-electron chi connectivity index (χ4n) is 2.01. The zero-order valence-corrected chi connectivity index (χ0v) is 11.6. The van der Waals surface area contributed by atoms with Gasteiger partial charge in [0.05, 0.1) is 10.5 Å². The summed E-state index contributed by atoms with van der Waals surface area (Å²) in [6.45, 7) is 0. The molecular weight excluding hydrogens is 303 g/mol. The van der Waals surface area contributed by atoms with Crippen molar-refractivity contribution in [1.82, 2.24) is 0 Å². The predicted octanol–water partition coefficient (Wildman–Crippen LogP) is 3.08. The Bertz CT molecular complexity index is 857. The maximum absolute atomic E-state index is 13.7. The number of benzene rings is 2. The summed E-state index contributed by atoms with van der Waals surface area (Å²) >= 11 is 0. The predicted molar refractivity (Wildman–Crippen MR) is 80.1 cm³/mol. The molecule has 23 heavy (non-hydrogen) atoms. The lowest BCUT2D eigenvalue weighted by Crippen LogP contribution is -2.07. The first-order chi connectivity index (χ1) is 11.0. The Hall–Kier alpha value is -3.35. The number of carbonyl (C=O) groups excluding carboxylic acids is 1. The molecule has 1 heterocycles. The van der Waals surface area contributed by atoms with Gasteiger partial charge in [0, 0.05) is 12.1 Å². The molecule has 0 aliphatic carbocycles. The molecule has 0 saturated heterocycles. The number of carbonyl (C=O) groups is 1. The molecule has 0 unspecified atom stereocenters. The van der Waals surface area contributed by atoms with E-state index >= 15 is 0 Å². The van der Waals surface area contributed by atoms with Crippen molar-refractivity contribution in [2.75, 3.05) is 0 Å². The molecular formula is C16H9FN2O4. The van der Waals surface area contributed by atoms with Crippen LogP contribution in [0.4, 0.5) is 10.1 Å². The van der Waals surface area contributed by atoms with Crippen LogP contribution in [0.25, 0.3) is 6.08 Å². The van der Waals surface area contributed by atoms with Crippen LogP contribution in [0, 0.1) is 15.9 Å². The smallest absolute Gasteiger partial charge is 0.363 e. The fourth-order valence-corrected chi connectivity index (χ4v) is 2.01. The average molecular weight is 312 g/mol. The Morgan fingerprint density at radius 1 is 1.13 bits per heavy atom. The summed E-state index contributed by atoms with van der Waals surface area (Å²) in [6, 6.07) is 11.4. The molecule has 1 aliphatic heterocycles. The van der Waals surface area contributed by atoms with Crippen LogP contribution in [0.15, 0.2) is 59.2 Å². The average Bonchev–Trinajstić information content (AvgIpc) is 2.89. The second-order valence-electron chi connectivity index (χ2n) is 4.66. The molecule has 2 aromatic rings. The summed E-state index contributed by atoms with van der Waals surface area (Å²) in [5.74, 6) is -1.36. The van der Waals surface area contributed by atoms with Gasteiger partial charge >= 0.3 is 5.97 Å². The zero-order chi connectivity index (χ0) is 16.4. The van der Waals surface area contributed by atoms with E-state index in [1.165, 1.54) is 48.5 Å². The SMILES string of the molecule is O=C1OC(c2ccccc2F)=N/C1=C\c1ccc([N+](=O)[O-])cc1. The van der Waals surface area contributed by atoms with Crippen molar-refractivity contribution in [3.63, 3.8) is 0 Å². The third kappa shape index (κ3) is 2.98. The van der Waals surface area contributed by atoms with Gasteiger partial charge in [-0.25, -0.2) is 14.2 Å². The largest absolute Gasteiger partial charge is 0.402 e. The van der Waals surface area contributed by atoms with E-state index in [0.29, 0.717) is 5.56 Å². The number of aliphatic imine (C=N–C) groups is 1. The molecule has 0 radical (unpaired) electrons. The Morgan fingerprint density at radius 2 is 1.83 bits per heavy atom. The Labute approximate surface area is 129 Å². The number of nitro benzene ring substituents is 1. The Balaban J connectivity index is 1.92. The molecule has 0 saturated carbocycles. The van der Waals surface area contributed by atoms with E-state index in [-0.39, 0.29) is 22.8 Å². The van der Waals surface area contributed by atoms with Crippen molar-refractivity contribution in [1.29, 1.82) is 0 Å². The number of esters is 1. The zero-order valence-electron chi connectivity index (χ0n) is 11.6. The van der Waals surface area contributed by atoms with E-state index in [9.17, 15) is 19.3 Å². The van der Waals surface area contributed by atoms with E-state index in [1.807, 2.05) is 0 Å². The van der Waals surface area contributed by atoms with E-state index in [0.717, 1.165) is 0 Å². The third-order valence-electron chi connectivity index (χ3n) is 3.13. The Morgan fingerprint density at radius 3 is 2.48 bits per heavy atom. The highest BCUT2D eigenvalue weighted by atomic mass is 19.1. The summed E-state index contributed by atoms with van der Waals surface area (Å²) in [5.41, 5.74) is 0.572. The Kier molecular flexibility index (Phi) is 3.68. The van der Waals surface area contributed by atoms with Crippen LogP contribution >= 0.6 is 0 Å². The number of nitro groups is 1. The maximum Gasteiger partial charge on any atom is 0.363 e. The topological polar surface area (TPSA) is 81.8 Å². The van der Waals surface area contributed by atoms with Crippen LogP contribution < -0.4 is 0 Å². The van der Waals surface area contributed by atoms with Crippen LogP contribution in [0.3, 0.4) is 0 Å². The number of hydrogen-bond acceptors (Lipinski definition) is 5. The van der Waals surface area contributed by atoms with Gasteiger partial charge in [0.25, 0.3) is 5.69 Å². The minimum atomic E-state index is -0.707. The lowest BCUT2D eigenvalue weighted by Gasteiger charge is -1.99. The van der Waals surface area contributed by atoms with Crippen LogP contribution in [0.2, 0.25) is 0 Å². The van der Waals surface area contributed by atoms with Gasteiger partial charge in [-0.1, -0.05) is 12.1 Å². The number of rotatable bonds is 3. The van der Waals surface area contributed by atoms with Crippen molar-refractivity contribution < 1.29 is 18.8 Å². The molecule has 0 atom stereocenters. The van der Waals surface area contributed by atoms with E-state index in [2.05, 4.69) is 4.99 Å². The highest BCUT2D eigenvalue weighted by Gasteiger charge is 2.25. The molecule has 114 valence electrons. The van der Waals surface area contributed by atoms with E-state index < -0.39 is 16.7 Å². The van der Waals surface area contributed by atoms with Crippen LogP contribution in [0.5, 0.6) is 0 Å². The molecule has 1 aliphatic rings. The number of hydrogen-bond donors (Lipinski definition) is 0. The van der Waals surface area contributed by atoms with Crippen molar-refractivity contribution in [3.05, 3.63) is 81.3 Å². The van der Waals surface area contributed by atoms with Gasteiger partial charge < -0.3 is 4.74 Å². The number of ether oxygens (including phenoxy) is 1. The second-order valence-corrected chi connectivity index (χ2v) is 4.66. The van der Waals surface area contributed by atoms with Crippen molar-refractivity contribution >= 4 is 23.6 Å². The van der Waals surface area contributed by atoms with E-state index in [1.54, 1.807) is 6.07 Å². The third-order valence-corrected chi connectivity index (χ3v) is 3.13. The van der Waals surface area contributed by atoms with E-state index in [4.69, 9.17) is 4.74 Å². The van der Waals surface area contributed by atoms with Crippen LogP contribution in [0.1, 0.15) is 11.1 Å². The quantitative estimate of drug-likeness (QED) is 0.377. The number of halogens is 1. The molecule has 2 aromatic carbocycles. The first kappa shape index (κ1) is 14.6. The highest BCUT2D eigenvalue weighted by molar-refractivity contribution is 6.12. The minimum Gasteiger partial charge on any atom is -0.402 e. The number of cyclic esters (lactones) is 1. The standard InChI is InChI=1S/C16H9FN2O4/c17-13-4-2-1-3-12(13)15-18-14(16(20)23-15)9-10-5-7-11(8-6-10)19(21)22/h1-9H/b14-9-. The molecule has 7 heteroatoms. The summed E-state index contributed by atoms with van der Waals surface area (Å²) in [5, 5.41) is 10.6. The summed E-state index contributed by atoms with van der Waals surface area (Å²) in [7, 11) is 0. The molecule has 0 aromatic heterocycles. The highest BCUT2D eigenvalue weighted by Crippen LogP contribution is 2.21. The molecule has 0 spiro atoms. The summed E-state index contributed by atoms with van der Waals surface area (Å²) in [6.07, 6.45) is 1.42. The van der Waals surface area contributed by atoms with Crippen molar-refractivity contribution in [2.45, 2.75) is 0 Å². The maximum atomic E-state index is 13.7. The van der Waals surface area contributed by atoms with Gasteiger partial charge in [-0.15, -0.1) is 0 Å². The lowest BCUT2D eigenvalue weighted by molar-refractivity contribution is -0.384. The lowest BCUT2D eigenvalue weighted by atomic mass is 10.2. The monoisotopic (exact) mass is 312 g/mol. The van der Waals surface area contributed by atoms with Crippen LogP contribution in [-0.4, -0.2) is 16.8 Å². The number of non-ortho nitro benzene ring substituents is 1. The molecule has 0 N–H and O–H groups in total. The second kappa shape index (κ2) is 5.80.